The van der Waals surface area contributed by atoms with Crippen molar-refractivity contribution in [2.75, 3.05) is 17.7 Å². The number of hydrogen-bond acceptors (Lipinski definition) is 4. The first kappa shape index (κ1) is 24.3. The zero-order chi connectivity index (χ0) is 24.1. The highest BCUT2D eigenvalue weighted by Crippen LogP contribution is 2.32. The third kappa shape index (κ3) is 5.55. The average molecular weight is 569 g/mol. The van der Waals surface area contributed by atoms with Crippen LogP contribution in [-0.4, -0.2) is 12.5 Å². The lowest BCUT2D eigenvalue weighted by Crippen LogP contribution is -2.25. The number of nitrogens with two attached hydrogens (primary N) is 1. The van der Waals surface area contributed by atoms with Crippen molar-refractivity contribution in [3.63, 3.8) is 0 Å². The fourth-order valence-corrected chi connectivity index (χ4v) is 3.43. The van der Waals surface area contributed by atoms with E-state index in [0.29, 0.717) is 3.57 Å². The Kier molecular flexibility index (Phi) is 7.78. The maximum Gasteiger partial charge on any atom is 0.277 e. The molecule has 0 radical (unpaired) electrons. The summed E-state index contributed by atoms with van der Waals surface area (Å²) in [5, 5.41) is 2.42. The molecular weight excluding hydrogens is 553 g/mol. The van der Waals surface area contributed by atoms with Gasteiger partial charge in [0.25, 0.3) is 5.91 Å². The van der Waals surface area contributed by atoms with Crippen LogP contribution in [0, 0.1) is 39.2 Å². The molecule has 0 fully saturated rings. The van der Waals surface area contributed by atoms with Crippen LogP contribution in [0.15, 0.2) is 42.5 Å². The lowest BCUT2D eigenvalue weighted by atomic mass is 9.99. The largest absolute Gasteiger partial charge is 0.396 e. The van der Waals surface area contributed by atoms with Crippen molar-refractivity contribution < 1.29 is 27.2 Å². The molecule has 0 atom stereocenters. The van der Waals surface area contributed by atoms with Gasteiger partial charge in [-0.2, -0.15) is 0 Å². The van der Waals surface area contributed by atoms with Crippen LogP contribution in [0.5, 0.6) is 0 Å². The lowest BCUT2D eigenvalue weighted by molar-refractivity contribution is 0.0438. The monoisotopic (exact) mass is 569 g/mol. The minimum Gasteiger partial charge on any atom is -0.396 e. The van der Waals surface area contributed by atoms with Gasteiger partial charge in [-0.3, -0.25) is 9.63 Å². The summed E-state index contributed by atoms with van der Waals surface area (Å²) < 4.78 is 59.3. The molecule has 0 aromatic heterocycles. The number of carbonyl (C=O) groups is 1. The summed E-state index contributed by atoms with van der Waals surface area (Å²) in [7, 11) is 0. The summed E-state index contributed by atoms with van der Waals surface area (Å²) in [5.41, 5.74) is 5.81. The molecule has 0 bridgehead atoms. The van der Waals surface area contributed by atoms with Crippen LogP contribution in [0.25, 0.3) is 0 Å². The van der Waals surface area contributed by atoms with Gasteiger partial charge in [0.15, 0.2) is 11.6 Å². The minimum absolute atomic E-state index is 0.00683. The first-order valence-electron chi connectivity index (χ1n) is 9.34. The molecule has 0 aliphatic heterocycles. The molecular formula is C23H16F4IN3O2. The summed E-state index contributed by atoms with van der Waals surface area (Å²) in [6, 6.07) is 9.16. The number of nitrogens with one attached hydrogen (secondary N) is 2. The molecule has 0 saturated heterocycles. The molecule has 0 spiro atoms. The minimum atomic E-state index is -1.46. The SMILES string of the molecule is C#CCONC(=O)c1cc(Cc2cccc(N)c2F)c(F)c(F)c1Nc1ccc(I)cc1F. The molecule has 33 heavy (non-hydrogen) atoms. The molecule has 3 aromatic carbocycles. The number of carbonyl (C=O) groups excluding carboxylic acids is 1. The Bertz CT molecular complexity index is 1260. The zero-order valence-corrected chi connectivity index (χ0v) is 19.0. The van der Waals surface area contributed by atoms with E-state index >= 15 is 4.39 Å². The van der Waals surface area contributed by atoms with Gasteiger partial charge in [0.1, 0.15) is 18.2 Å². The van der Waals surface area contributed by atoms with E-state index < -0.39 is 46.8 Å². The Morgan fingerprint density at radius 2 is 1.82 bits per heavy atom. The van der Waals surface area contributed by atoms with E-state index in [1.165, 1.54) is 36.4 Å². The van der Waals surface area contributed by atoms with E-state index in [1.54, 1.807) is 0 Å². The standard InChI is InChI=1S/C23H16F4IN3O2/c1-2-8-33-31-23(32)15-10-13(9-12-4-3-5-17(29)19(12)25)20(26)21(27)22(15)30-18-7-6-14(28)11-16(18)24/h1,3-7,10-11,30H,8-9,29H2,(H,31,32). The predicted octanol–water partition coefficient (Wildman–Crippen LogP) is 5.06. The Balaban J connectivity index is 2.09. The number of benzene rings is 3. The Hall–Kier alpha value is -3.30. The van der Waals surface area contributed by atoms with Crippen molar-refractivity contribution in [3.05, 3.63) is 86.0 Å². The van der Waals surface area contributed by atoms with Gasteiger partial charge in [-0.25, -0.2) is 23.0 Å². The topological polar surface area (TPSA) is 76.4 Å². The normalized spacial score (nSPS) is 10.5. The summed E-state index contributed by atoms with van der Waals surface area (Å²) in [4.78, 5) is 17.4. The molecule has 3 aromatic rings. The highest BCUT2D eigenvalue weighted by molar-refractivity contribution is 14.1. The van der Waals surface area contributed by atoms with Gasteiger partial charge in [-0.1, -0.05) is 18.1 Å². The van der Waals surface area contributed by atoms with E-state index in [2.05, 4.69) is 11.2 Å². The lowest BCUT2D eigenvalue weighted by Gasteiger charge is -2.17. The Labute approximate surface area is 200 Å². The van der Waals surface area contributed by atoms with E-state index in [4.69, 9.17) is 17.0 Å². The fourth-order valence-electron chi connectivity index (χ4n) is 2.97. The number of anilines is 3. The maximum absolute atomic E-state index is 15.1. The van der Waals surface area contributed by atoms with Crippen molar-refractivity contribution in [2.24, 2.45) is 0 Å². The first-order valence-corrected chi connectivity index (χ1v) is 10.4. The third-order valence-electron chi connectivity index (χ3n) is 4.53. The number of nitrogen functional groups attached to an aromatic ring is 1. The molecule has 4 N–H and O–H groups in total. The fraction of sp³-hybridized carbons (Fsp3) is 0.0870. The second-order valence-corrected chi connectivity index (χ2v) is 8.00. The number of amides is 1. The predicted molar refractivity (Wildman–Crippen MR) is 125 cm³/mol. The summed E-state index contributed by atoms with van der Waals surface area (Å²) in [6.45, 7) is -0.286. The van der Waals surface area contributed by atoms with Crippen molar-refractivity contribution in [1.29, 1.82) is 0 Å². The van der Waals surface area contributed by atoms with Gasteiger partial charge in [-0.15, -0.1) is 6.42 Å². The van der Waals surface area contributed by atoms with Gasteiger partial charge in [0.2, 0.25) is 0 Å². The van der Waals surface area contributed by atoms with Crippen molar-refractivity contribution in [3.8, 4) is 12.3 Å². The molecule has 0 aliphatic carbocycles. The third-order valence-corrected chi connectivity index (χ3v) is 5.20. The summed E-state index contributed by atoms with van der Waals surface area (Å²) in [5.74, 6) is -3.19. The quantitative estimate of drug-likeness (QED) is 0.0930. The van der Waals surface area contributed by atoms with Crippen LogP contribution in [0.3, 0.4) is 0 Å². The first-order chi connectivity index (χ1) is 15.7. The van der Waals surface area contributed by atoms with Gasteiger partial charge < -0.3 is 11.1 Å². The van der Waals surface area contributed by atoms with Crippen LogP contribution >= 0.6 is 22.6 Å². The number of halogens is 5. The number of hydrogen-bond donors (Lipinski definition) is 3. The molecule has 0 aliphatic rings. The van der Waals surface area contributed by atoms with Gasteiger partial charge in [0, 0.05) is 9.99 Å². The Morgan fingerprint density at radius 1 is 1.06 bits per heavy atom. The second kappa shape index (κ2) is 10.5. The number of terminal acetylenes is 1. The smallest absolute Gasteiger partial charge is 0.277 e. The van der Waals surface area contributed by atoms with Crippen LogP contribution in [0.1, 0.15) is 21.5 Å². The molecule has 5 nitrogen and oxygen atoms in total. The molecule has 3 rings (SSSR count). The van der Waals surface area contributed by atoms with Crippen molar-refractivity contribution >= 4 is 45.6 Å². The number of hydroxylamine groups is 1. The summed E-state index contributed by atoms with van der Waals surface area (Å²) in [6.07, 6.45) is 4.66. The van der Waals surface area contributed by atoms with Crippen LogP contribution < -0.4 is 16.5 Å². The molecule has 0 heterocycles. The zero-order valence-electron chi connectivity index (χ0n) is 16.8. The van der Waals surface area contributed by atoms with Crippen molar-refractivity contribution in [1.82, 2.24) is 5.48 Å². The average Bonchev–Trinajstić information content (AvgIpc) is 2.78. The summed E-state index contributed by atoms with van der Waals surface area (Å²) >= 11 is 1.88. The van der Waals surface area contributed by atoms with Crippen LogP contribution in [0.2, 0.25) is 0 Å². The molecule has 170 valence electrons. The van der Waals surface area contributed by atoms with Gasteiger partial charge >= 0.3 is 0 Å². The van der Waals surface area contributed by atoms with E-state index in [0.717, 1.165) is 6.07 Å². The maximum atomic E-state index is 15.1. The van der Waals surface area contributed by atoms with E-state index in [1.807, 2.05) is 28.1 Å². The van der Waals surface area contributed by atoms with E-state index in [9.17, 15) is 18.0 Å². The second-order valence-electron chi connectivity index (χ2n) is 6.76. The number of rotatable bonds is 7. The Morgan fingerprint density at radius 3 is 2.52 bits per heavy atom. The highest BCUT2D eigenvalue weighted by Gasteiger charge is 2.24. The van der Waals surface area contributed by atoms with E-state index in [-0.39, 0.29) is 29.1 Å². The molecule has 10 heteroatoms. The molecule has 0 unspecified atom stereocenters. The van der Waals surface area contributed by atoms with Crippen LogP contribution in [-0.2, 0) is 11.3 Å². The van der Waals surface area contributed by atoms with Crippen LogP contribution in [0.4, 0.5) is 34.6 Å². The van der Waals surface area contributed by atoms with Gasteiger partial charge in [-0.05, 0) is 64.0 Å². The van der Waals surface area contributed by atoms with Gasteiger partial charge in [0.05, 0.1) is 22.6 Å². The molecule has 1 amide bonds. The highest BCUT2D eigenvalue weighted by atomic mass is 127. The molecule has 0 saturated carbocycles. The van der Waals surface area contributed by atoms with Crippen molar-refractivity contribution in [2.45, 2.75) is 6.42 Å².